The van der Waals surface area contributed by atoms with Crippen LogP contribution in [0.25, 0.3) is 0 Å². The summed E-state index contributed by atoms with van der Waals surface area (Å²) in [6.45, 7) is 1.84. The molecule has 0 aliphatic carbocycles. The van der Waals surface area contributed by atoms with E-state index < -0.39 is 5.82 Å². The molecule has 0 fully saturated rings. The Morgan fingerprint density at radius 1 is 1.17 bits per heavy atom. The zero-order chi connectivity index (χ0) is 13.1. The van der Waals surface area contributed by atoms with Crippen molar-refractivity contribution in [2.45, 2.75) is 6.92 Å². The minimum absolute atomic E-state index is 0.0611. The number of aldehydes is 1. The van der Waals surface area contributed by atoms with Gasteiger partial charge < -0.3 is 4.74 Å². The minimum atomic E-state index is -0.584. The summed E-state index contributed by atoms with van der Waals surface area (Å²) < 4.78 is 19.1. The molecule has 0 radical (unpaired) electrons. The van der Waals surface area contributed by atoms with Crippen molar-refractivity contribution in [3.8, 4) is 11.5 Å². The SMILES string of the molecule is Cc1ccc(Cl)cc1Oc1ccc(C=O)cc1F. The maximum absolute atomic E-state index is 13.6. The summed E-state index contributed by atoms with van der Waals surface area (Å²) in [6.07, 6.45) is 0.581. The maximum atomic E-state index is 13.6. The van der Waals surface area contributed by atoms with E-state index >= 15 is 0 Å². The fraction of sp³-hybridized carbons (Fsp3) is 0.0714. The van der Waals surface area contributed by atoms with E-state index in [2.05, 4.69) is 0 Å². The Morgan fingerprint density at radius 2 is 1.94 bits per heavy atom. The van der Waals surface area contributed by atoms with Crippen molar-refractivity contribution in [1.29, 1.82) is 0 Å². The molecule has 2 nitrogen and oxygen atoms in total. The Kier molecular flexibility index (Phi) is 3.63. The van der Waals surface area contributed by atoms with E-state index in [1.807, 2.05) is 6.92 Å². The van der Waals surface area contributed by atoms with Gasteiger partial charge in [-0.2, -0.15) is 0 Å². The quantitative estimate of drug-likeness (QED) is 0.769. The molecule has 0 unspecified atom stereocenters. The van der Waals surface area contributed by atoms with Crippen molar-refractivity contribution in [2.75, 3.05) is 0 Å². The average Bonchev–Trinajstić information content (AvgIpc) is 2.36. The number of rotatable bonds is 3. The summed E-state index contributed by atoms with van der Waals surface area (Å²) in [4.78, 5) is 10.5. The molecule has 0 aliphatic rings. The molecular formula is C14H10ClFO2. The van der Waals surface area contributed by atoms with E-state index in [9.17, 15) is 9.18 Å². The van der Waals surface area contributed by atoms with Crippen LogP contribution in [-0.4, -0.2) is 6.29 Å². The highest BCUT2D eigenvalue weighted by atomic mass is 35.5. The predicted octanol–water partition coefficient (Wildman–Crippen LogP) is 4.39. The maximum Gasteiger partial charge on any atom is 0.166 e. The van der Waals surface area contributed by atoms with Gasteiger partial charge in [-0.1, -0.05) is 17.7 Å². The number of halogens is 2. The molecule has 0 aromatic heterocycles. The second-order valence-corrected chi connectivity index (χ2v) is 4.26. The third kappa shape index (κ3) is 2.68. The Morgan fingerprint density at radius 3 is 2.61 bits per heavy atom. The molecule has 0 bridgehead atoms. The van der Waals surface area contributed by atoms with E-state index in [1.165, 1.54) is 12.1 Å². The number of hydrogen-bond acceptors (Lipinski definition) is 2. The van der Waals surface area contributed by atoms with E-state index in [0.29, 0.717) is 17.1 Å². The second kappa shape index (κ2) is 5.19. The standard InChI is InChI=1S/C14H10ClFO2/c1-9-2-4-11(15)7-14(9)18-13-5-3-10(8-17)6-12(13)16/h2-8H,1H3. The van der Waals surface area contributed by atoms with E-state index in [4.69, 9.17) is 16.3 Å². The van der Waals surface area contributed by atoms with Crippen molar-refractivity contribution < 1.29 is 13.9 Å². The van der Waals surface area contributed by atoms with Gasteiger partial charge in [0.15, 0.2) is 11.6 Å². The second-order valence-electron chi connectivity index (χ2n) is 3.82. The van der Waals surface area contributed by atoms with Gasteiger partial charge in [-0.05, 0) is 42.8 Å². The molecule has 2 rings (SSSR count). The van der Waals surface area contributed by atoms with E-state index in [-0.39, 0.29) is 11.3 Å². The summed E-state index contributed by atoms with van der Waals surface area (Å²) in [7, 11) is 0. The van der Waals surface area contributed by atoms with Crippen molar-refractivity contribution in [3.63, 3.8) is 0 Å². The number of carbonyl (C=O) groups is 1. The summed E-state index contributed by atoms with van der Waals surface area (Å²) >= 11 is 5.85. The van der Waals surface area contributed by atoms with Crippen molar-refractivity contribution in [2.24, 2.45) is 0 Å². The number of aryl methyl sites for hydroxylation is 1. The molecule has 0 N–H and O–H groups in total. The Labute approximate surface area is 109 Å². The summed E-state index contributed by atoms with van der Waals surface area (Å²) in [5, 5.41) is 0.514. The summed E-state index contributed by atoms with van der Waals surface area (Å²) in [6, 6.07) is 9.17. The molecule has 0 amide bonds. The normalized spacial score (nSPS) is 10.2. The zero-order valence-electron chi connectivity index (χ0n) is 9.61. The molecule has 0 aliphatic heterocycles. The Bertz CT molecular complexity index is 596. The van der Waals surface area contributed by atoms with Crippen LogP contribution in [-0.2, 0) is 0 Å². The first-order valence-electron chi connectivity index (χ1n) is 5.29. The van der Waals surface area contributed by atoms with Crippen molar-refractivity contribution >= 4 is 17.9 Å². The van der Waals surface area contributed by atoms with Gasteiger partial charge in [0.1, 0.15) is 12.0 Å². The lowest BCUT2D eigenvalue weighted by Crippen LogP contribution is -1.92. The van der Waals surface area contributed by atoms with Crippen LogP contribution in [0.2, 0.25) is 5.02 Å². The van der Waals surface area contributed by atoms with Gasteiger partial charge in [0.2, 0.25) is 0 Å². The monoisotopic (exact) mass is 264 g/mol. The molecule has 4 heteroatoms. The van der Waals surface area contributed by atoms with Crippen LogP contribution < -0.4 is 4.74 Å². The molecule has 0 atom stereocenters. The topological polar surface area (TPSA) is 26.3 Å². The van der Waals surface area contributed by atoms with Crippen molar-refractivity contribution in [3.05, 3.63) is 58.4 Å². The van der Waals surface area contributed by atoms with Gasteiger partial charge >= 0.3 is 0 Å². The van der Waals surface area contributed by atoms with Crippen LogP contribution >= 0.6 is 11.6 Å². The molecule has 18 heavy (non-hydrogen) atoms. The van der Waals surface area contributed by atoms with Crippen LogP contribution in [0.5, 0.6) is 11.5 Å². The average molecular weight is 265 g/mol. The van der Waals surface area contributed by atoms with Gasteiger partial charge in [-0.15, -0.1) is 0 Å². The first kappa shape index (κ1) is 12.6. The smallest absolute Gasteiger partial charge is 0.166 e. The molecule has 2 aromatic rings. The zero-order valence-corrected chi connectivity index (χ0v) is 10.4. The molecule has 2 aromatic carbocycles. The number of carbonyl (C=O) groups excluding carboxylic acids is 1. The van der Waals surface area contributed by atoms with Crippen LogP contribution in [0.15, 0.2) is 36.4 Å². The number of hydrogen-bond donors (Lipinski definition) is 0. The predicted molar refractivity (Wildman–Crippen MR) is 68.1 cm³/mol. The van der Waals surface area contributed by atoms with Crippen LogP contribution in [0.4, 0.5) is 4.39 Å². The van der Waals surface area contributed by atoms with Crippen molar-refractivity contribution in [1.82, 2.24) is 0 Å². The van der Waals surface area contributed by atoms with E-state index in [0.717, 1.165) is 11.6 Å². The highest BCUT2D eigenvalue weighted by Gasteiger charge is 2.08. The summed E-state index contributed by atoms with van der Waals surface area (Å²) in [5.41, 5.74) is 1.11. The van der Waals surface area contributed by atoms with Crippen LogP contribution in [0.1, 0.15) is 15.9 Å². The molecule has 0 saturated heterocycles. The fourth-order valence-corrected chi connectivity index (χ4v) is 1.64. The minimum Gasteiger partial charge on any atom is -0.454 e. The highest BCUT2D eigenvalue weighted by Crippen LogP contribution is 2.29. The lowest BCUT2D eigenvalue weighted by Gasteiger charge is -2.10. The largest absolute Gasteiger partial charge is 0.454 e. The fourth-order valence-electron chi connectivity index (χ4n) is 1.48. The number of benzene rings is 2. The number of ether oxygens (including phenoxy) is 1. The van der Waals surface area contributed by atoms with Gasteiger partial charge in [0.25, 0.3) is 0 Å². The lowest BCUT2D eigenvalue weighted by atomic mass is 10.2. The molecule has 0 saturated carbocycles. The van der Waals surface area contributed by atoms with Gasteiger partial charge in [0, 0.05) is 10.6 Å². The van der Waals surface area contributed by atoms with Crippen LogP contribution in [0.3, 0.4) is 0 Å². The Hall–Kier alpha value is -1.87. The molecule has 0 heterocycles. The third-order valence-electron chi connectivity index (χ3n) is 2.46. The molecular weight excluding hydrogens is 255 g/mol. The molecule has 92 valence electrons. The molecule has 0 spiro atoms. The third-order valence-corrected chi connectivity index (χ3v) is 2.70. The van der Waals surface area contributed by atoms with Gasteiger partial charge in [-0.25, -0.2) is 4.39 Å². The summed E-state index contributed by atoms with van der Waals surface area (Å²) in [5.74, 6) is -0.0369. The first-order chi connectivity index (χ1) is 8.60. The first-order valence-corrected chi connectivity index (χ1v) is 5.66. The Balaban J connectivity index is 2.34. The van der Waals surface area contributed by atoms with Gasteiger partial charge in [-0.3, -0.25) is 4.79 Å². The van der Waals surface area contributed by atoms with Gasteiger partial charge in [0.05, 0.1) is 0 Å². The van der Waals surface area contributed by atoms with Crippen LogP contribution in [0, 0.1) is 12.7 Å². The van der Waals surface area contributed by atoms with E-state index in [1.54, 1.807) is 18.2 Å². The lowest BCUT2D eigenvalue weighted by molar-refractivity contribution is 0.112. The highest BCUT2D eigenvalue weighted by molar-refractivity contribution is 6.30.